The van der Waals surface area contributed by atoms with Crippen LogP contribution < -0.4 is 5.32 Å². The maximum atomic E-state index is 11.6. The molecule has 26 heavy (non-hydrogen) atoms. The van der Waals surface area contributed by atoms with Gasteiger partial charge in [-0.3, -0.25) is 14.9 Å². The Kier molecular flexibility index (Phi) is 4.79. The third-order valence-corrected chi connectivity index (χ3v) is 4.15. The third kappa shape index (κ3) is 3.46. The lowest BCUT2D eigenvalue weighted by Crippen LogP contribution is -2.17. The van der Waals surface area contributed by atoms with E-state index in [4.69, 9.17) is 0 Å². The van der Waals surface area contributed by atoms with Crippen LogP contribution in [0.25, 0.3) is 0 Å². The molecule has 0 saturated carbocycles. The van der Waals surface area contributed by atoms with Crippen molar-refractivity contribution in [1.82, 2.24) is 9.55 Å². The van der Waals surface area contributed by atoms with Crippen LogP contribution in [-0.2, 0) is 7.05 Å². The molecule has 2 aromatic carbocycles. The average Bonchev–Trinajstić information content (AvgIpc) is 3.06. The Balaban J connectivity index is 2.07. The zero-order valence-corrected chi connectivity index (χ0v) is 14.4. The molecule has 0 aliphatic rings. The molecule has 0 aliphatic heterocycles. The summed E-state index contributed by atoms with van der Waals surface area (Å²) in [6, 6.07) is 13.6. The van der Waals surface area contributed by atoms with Gasteiger partial charge in [0.1, 0.15) is 17.6 Å². The number of ketones is 1. The highest BCUT2D eigenvalue weighted by atomic mass is 16.6. The molecule has 0 aliphatic carbocycles. The summed E-state index contributed by atoms with van der Waals surface area (Å²) in [5, 5.41) is 14.7. The summed E-state index contributed by atoms with van der Waals surface area (Å²) >= 11 is 0. The lowest BCUT2D eigenvalue weighted by atomic mass is 10.0. The van der Waals surface area contributed by atoms with E-state index < -0.39 is 4.92 Å². The Morgan fingerprint density at radius 3 is 2.54 bits per heavy atom. The van der Waals surface area contributed by atoms with Gasteiger partial charge in [-0.05, 0) is 24.6 Å². The fraction of sp³-hybridized carbons (Fsp3) is 0.158. The van der Waals surface area contributed by atoms with E-state index in [2.05, 4.69) is 10.3 Å². The summed E-state index contributed by atoms with van der Waals surface area (Å²) in [6.07, 6.45) is 3.50. The van der Waals surface area contributed by atoms with Gasteiger partial charge < -0.3 is 9.88 Å². The van der Waals surface area contributed by atoms with Crippen LogP contribution in [-0.4, -0.2) is 20.3 Å². The minimum absolute atomic E-state index is 0.146. The molecule has 3 aromatic rings. The Hall–Kier alpha value is -3.48. The number of Topliss-reactive ketones (excluding diaryl/α,β-unsaturated/α-hetero) is 1. The largest absolute Gasteiger partial charge is 0.366 e. The van der Waals surface area contributed by atoms with E-state index in [0.29, 0.717) is 11.3 Å². The maximum absolute atomic E-state index is 11.6. The number of nitrogens with one attached hydrogen (secondary N) is 1. The van der Waals surface area contributed by atoms with E-state index in [1.54, 1.807) is 18.3 Å². The van der Waals surface area contributed by atoms with E-state index in [-0.39, 0.29) is 17.5 Å². The van der Waals surface area contributed by atoms with Gasteiger partial charge in [-0.25, -0.2) is 4.98 Å². The van der Waals surface area contributed by atoms with E-state index in [0.717, 1.165) is 11.4 Å². The Morgan fingerprint density at radius 2 is 1.96 bits per heavy atom. The Morgan fingerprint density at radius 1 is 1.23 bits per heavy atom. The molecular formula is C19H18N4O3. The van der Waals surface area contributed by atoms with Crippen LogP contribution >= 0.6 is 0 Å². The van der Waals surface area contributed by atoms with Crippen molar-refractivity contribution >= 4 is 17.2 Å². The van der Waals surface area contributed by atoms with Crippen LogP contribution in [0.4, 0.5) is 11.4 Å². The number of carbonyl (C=O) groups is 1. The van der Waals surface area contributed by atoms with Crippen molar-refractivity contribution in [3.05, 3.63) is 88.0 Å². The Bertz CT molecular complexity index is 950. The number of anilines is 1. The van der Waals surface area contributed by atoms with Crippen LogP contribution in [0.1, 0.15) is 34.7 Å². The summed E-state index contributed by atoms with van der Waals surface area (Å²) in [4.78, 5) is 26.9. The lowest BCUT2D eigenvalue weighted by Gasteiger charge is -2.20. The highest BCUT2D eigenvalue weighted by Crippen LogP contribution is 2.32. The van der Waals surface area contributed by atoms with Gasteiger partial charge in [-0.15, -0.1) is 0 Å². The SMILES string of the molecule is CC(=O)c1ccc(N[C@@H](c2ccccc2)c2nccn2C)c([N+](=O)[O-])c1. The predicted octanol–water partition coefficient (Wildman–Crippen LogP) is 3.73. The second-order valence-corrected chi connectivity index (χ2v) is 5.93. The van der Waals surface area contributed by atoms with Gasteiger partial charge in [0.25, 0.3) is 5.69 Å². The summed E-state index contributed by atoms with van der Waals surface area (Å²) in [6.45, 7) is 1.38. The number of aryl methyl sites for hydroxylation is 1. The van der Waals surface area contributed by atoms with E-state index in [1.165, 1.54) is 13.0 Å². The van der Waals surface area contributed by atoms with Crippen molar-refractivity contribution in [2.24, 2.45) is 7.05 Å². The van der Waals surface area contributed by atoms with Gasteiger partial charge >= 0.3 is 0 Å². The quantitative estimate of drug-likeness (QED) is 0.415. The molecule has 0 saturated heterocycles. The number of aromatic nitrogens is 2. The smallest absolute Gasteiger partial charge is 0.293 e. The molecular weight excluding hydrogens is 332 g/mol. The number of carbonyl (C=O) groups excluding carboxylic acids is 1. The number of nitro groups is 1. The van der Waals surface area contributed by atoms with Crippen molar-refractivity contribution in [2.45, 2.75) is 13.0 Å². The molecule has 0 amide bonds. The zero-order chi connectivity index (χ0) is 18.7. The molecule has 1 aromatic heterocycles. The summed E-state index contributed by atoms with van der Waals surface area (Å²) < 4.78 is 1.86. The van der Waals surface area contributed by atoms with Crippen LogP contribution in [0.2, 0.25) is 0 Å². The first-order valence-corrected chi connectivity index (χ1v) is 8.05. The second kappa shape index (κ2) is 7.18. The molecule has 1 heterocycles. The molecule has 7 nitrogen and oxygen atoms in total. The number of hydrogen-bond donors (Lipinski definition) is 1. The van der Waals surface area contributed by atoms with Crippen LogP contribution in [0.3, 0.4) is 0 Å². The normalized spacial score (nSPS) is 11.8. The van der Waals surface area contributed by atoms with E-state index >= 15 is 0 Å². The van der Waals surface area contributed by atoms with E-state index in [1.807, 2.05) is 48.1 Å². The molecule has 7 heteroatoms. The van der Waals surface area contributed by atoms with Crippen molar-refractivity contribution in [3.63, 3.8) is 0 Å². The average molecular weight is 350 g/mol. The fourth-order valence-corrected chi connectivity index (χ4v) is 2.78. The summed E-state index contributed by atoms with van der Waals surface area (Å²) in [5.74, 6) is 0.504. The highest BCUT2D eigenvalue weighted by molar-refractivity contribution is 5.95. The van der Waals surface area contributed by atoms with Crippen LogP contribution in [0.15, 0.2) is 60.9 Å². The minimum Gasteiger partial charge on any atom is -0.366 e. The second-order valence-electron chi connectivity index (χ2n) is 5.93. The molecule has 132 valence electrons. The number of rotatable bonds is 6. The van der Waals surface area contributed by atoms with Crippen molar-refractivity contribution in [3.8, 4) is 0 Å². The molecule has 0 unspecified atom stereocenters. The van der Waals surface area contributed by atoms with Crippen LogP contribution in [0.5, 0.6) is 0 Å². The van der Waals surface area contributed by atoms with Gasteiger partial charge in [-0.1, -0.05) is 30.3 Å². The van der Waals surface area contributed by atoms with Gasteiger partial charge in [0, 0.05) is 31.1 Å². The Labute approximate surface area is 150 Å². The van der Waals surface area contributed by atoms with Crippen molar-refractivity contribution in [1.29, 1.82) is 0 Å². The van der Waals surface area contributed by atoms with Crippen LogP contribution in [0, 0.1) is 10.1 Å². The minimum atomic E-state index is -0.491. The number of benzene rings is 2. The van der Waals surface area contributed by atoms with Gasteiger partial charge in [0.05, 0.1) is 4.92 Å². The fourth-order valence-electron chi connectivity index (χ4n) is 2.78. The zero-order valence-electron chi connectivity index (χ0n) is 14.4. The molecule has 0 radical (unpaired) electrons. The van der Waals surface area contributed by atoms with Gasteiger partial charge in [-0.2, -0.15) is 0 Å². The molecule has 1 atom stereocenters. The number of nitro benzene ring substituents is 1. The molecule has 0 fully saturated rings. The standard InChI is InChI=1S/C19H18N4O3/c1-13(24)15-8-9-16(17(12-15)23(25)26)21-18(14-6-4-3-5-7-14)19-20-10-11-22(19)2/h3-12,18,21H,1-2H3/t18-/m0/s1. The monoisotopic (exact) mass is 350 g/mol. The molecule has 0 spiro atoms. The molecule has 3 rings (SSSR count). The first-order valence-electron chi connectivity index (χ1n) is 8.05. The lowest BCUT2D eigenvalue weighted by molar-refractivity contribution is -0.384. The van der Waals surface area contributed by atoms with Gasteiger partial charge in [0.2, 0.25) is 0 Å². The number of hydrogen-bond acceptors (Lipinski definition) is 5. The van der Waals surface area contributed by atoms with E-state index in [9.17, 15) is 14.9 Å². The topological polar surface area (TPSA) is 90.1 Å². The summed E-state index contributed by atoms with van der Waals surface area (Å²) in [5.41, 5.74) is 1.41. The maximum Gasteiger partial charge on any atom is 0.293 e. The van der Waals surface area contributed by atoms with Gasteiger partial charge in [0.15, 0.2) is 5.78 Å². The first kappa shape index (κ1) is 17.3. The first-order chi connectivity index (χ1) is 12.5. The number of imidazole rings is 1. The summed E-state index contributed by atoms with van der Waals surface area (Å²) in [7, 11) is 1.87. The number of nitrogens with zero attached hydrogens (tertiary/aromatic N) is 3. The third-order valence-electron chi connectivity index (χ3n) is 4.15. The van der Waals surface area contributed by atoms with Crippen molar-refractivity contribution < 1.29 is 9.72 Å². The molecule has 0 bridgehead atoms. The van der Waals surface area contributed by atoms with Crippen molar-refractivity contribution in [2.75, 3.05) is 5.32 Å². The molecule has 1 N–H and O–H groups in total. The highest BCUT2D eigenvalue weighted by Gasteiger charge is 2.23. The predicted molar refractivity (Wildman–Crippen MR) is 98.2 cm³/mol.